The Balaban J connectivity index is 2.19. The number of hydrogen-bond acceptors (Lipinski definition) is 3. The molecule has 0 radical (unpaired) electrons. The molecule has 22 heavy (non-hydrogen) atoms. The smallest absolute Gasteiger partial charge is 0.271 e. The lowest BCUT2D eigenvalue weighted by atomic mass is 9.86. The number of halogens is 1. The quantitative estimate of drug-likeness (QED) is 0.883. The van der Waals surface area contributed by atoms with E-state index in [1.165, 1.54) is 0 Å². The highest BCUT2D eigenvalue weighted by Crippen LogP contribution is 2.22. The number of rotatable bonds is 5. The molecule has 6 nitrogen and oxygen atoms in total. The first-order valence-corrected chi connectivity index (χ1v) is 8.11. The van der Waals surface area contributed by atoms with E-state index in [4.69, 9.17) is 0 Å². The molecule has 0 fully saturated rings. The van der Waals surface area contributed by atoms with Crippen molar-refractivity contribution in [1.82, 2.24) is 24.9 Å². The third-order valence-electron chi connectivity index (χ3n) is 3.59. The van der Waals surface area contributed by atoms with E-state index in [-0.39, 0.29) is 17.4 Å². The molecule has 0 spiro atoms. The summed E-state index contributed by atoms with van der Waals surface area (Å²) in [5.41, 5.74) is 0.461. The highest BCUT2D eigenvalue weighted by Gasteiger charge is 2.29. The van der Waals surface area contributed by atoms with Crippen LogP contribution in [0.5, 0.6) is 0 Å². The molecule has 2 heterocycles. The molecule has 0 saturated carbocycles. The van der Waals surface area contributed by atoms with Crippen molar-refractivity contribution in [2.75, 3.05) is 0 Å². The first kappa shape index (κ1) is 16.7. The highest BCUT2D eigenvalue weighted by atomic mass is 79.9. The van der Waals surface area contributed by atoms with Crippen molar-refractivity contribution < 1.29 is 4.79 Å². The lowest BCUT2D eigenvalue weighted by Crippen LogP contribution is -2.47. The zero-order valence-corrected chi connectivity index (χ0v) is 15.0. The molecule has 0 aliphatic carbocycles. The monoisotopic (exact) mass is 367 g/mol. The van der Waals surface area contributed by atoms with Gasteiger partial charge in [-0.3, -0.25) is 14.2 Å². The topological polar surface area (TPSA) is 64.7 Å². The normalized spacial score (nSPS) is 13.1. The van der Waals surface area contributed by atoms with Crippen LogP contribution in [-0.4, -0.2) is 31.5 Å². The molecule has 2 aromatic heterocycles. The zero-order chi connectivity index (χ0) is 16.3. The van der Waals surface area contributed by atoms with Crippen molar-refractivity contribution in [3.05, 3.63) is 34.8 Å². The van der Waals surface area contributed by atoms with Gasteiger partial charge in [0.2, 0.25) is 0 Å². The van der Waals surface area contributed by atoms with Gasteiger partial charge in [-0.15, -0.1) is 0 Å². The Morgan fingerprint density at radius 2 is 2.14 bits per heavy atom. The van der Waals surface area contributed by atoms with E-state index in [2.05, 4.69) is 52.2 Å². The number of aryl methyl sites for hydroxylation is 1. The maximum Gasteiger partial charge on any atom is 0.271 e. The number of nitrogens with one attached hydrogen (secondary N) is 1. The fraction of sp³-hybridized carbons (Fsp3) is 0.533. The van der Waals surface area contributed by atoms with Crippen molar-refractivity contribution in [3.63, 3.8) is 0 Å². The zero-order valence-electron chi connectivity index (χ0n) is 13.4. The van der Waals surface area contributed by atoms with E-state index in [0.717, 1.165) is 0 Å². The summed E-state index contributed by atoms with van der Waals surface area (Å²) in [7, 11) is 0. The van der Waals surface area contributed by atoms with Crippen LogP contribution in [0.1, 0.15) is 38.2 Å². The van der Waals surface area contributed by atoms with E-state index >= 15 is 0 Å². The Hall–Kier alpha value is -1.63. The third kappa shape index (κ3) is 3.76. The molecule has 2 aromatic rings. The van der Waals surface area contributed by atoms with Crippen LogP contribution in [0.2, 0.25) is 0 Å². The molecule has 1 amide bonds. The largest absolute Gasteiger partial charge is 0.346 e. The molecule has 0 aliphatic heterocycles. The Bertz CT molecular complexity index is 627. The van der Waals surface area contributed by atoms with Gasteiger partial charge < -0.3 is 5.32 Å². The second-order valence-electron chi connectivity index (χ2n) is 6.28. The minimum atomic E-state index is -0.127. The van der Waals surface area contributed by atoms with Crippen LogP contribution in [0, 0.1) is 5.41 Å². The number of carbonyl (C=O) groups is 1. The standard InChI is InChI=1S/C15H22BrN5O/c1-5-21-13(11(16)9-18-21)14(22)19-12(15(2,3)4)10-20-8-6-7-17-20/h6-9,12H,5,10H2,1-4H3,(H,19,22). The molecule has 2 rings (SSSR count). The van der Waals surface area contributed by atoms with Crippen molar-refractivity contribution in [1.29, 1.82) is 0 Å². The van der Waals surface area contributed by atoms with Gasteiger partial charge in [0, 0.05) is 18.9 Å². The second kappa shape index (κ2) is 6.64. The summed E-state index contributed by atoms with van der Waals surface area (Å²) in [5.74, 6) is -0.127. The van der Waals surface area contributed by atoms with E-state index < -0.39 is 0 Å². The predicted octanol–water partition coefficient (Wildman–Crippen LogP) is 2.71. The molecule has 120 valence electrons. The molecule has 7 heteroatoms. The van der Waals surface area contributed by atoms with Gasteiger partial charge >= 0.3 is 0 Å². The average molecular weight is 368 g/mol. The average Bonchev–Trinajstić information content (AvgIpc) is 3.05. The van der Waals surface area contributed by atoms with Crippen LogP contribution >= 0.6 is 15.9 Å². The molecule has 0 aliphatic rings. The van der Waals surface area contributed by atoms with Gasteiger partial charge in [-0.1, -0.05) is 20.8 Å². The molecule has 0 aromatic carbocycles. The first-order chi connectivity index (χ1) is 10.3. The highest BCUT2D eigenvalue weighted by molar-refractivity contribution is 9.10. The first-order valence-electron chi connectivity index (χ1n) is 7.32. The van der Waals surface area contributed by atoms with Gasteiger partial charge in [0.25, 0.3) is 5.91 Å². The number of aromatic nitrogens is 4. The van der Waals surface area contributed by atoms with Crippen molar-refractivity contribution in [3.8, 4) is 0 Å². The molecule has 0 saturated heterocycles. The summed E-state index contributed by atoms with van der Waals surface area (Å²) in [6.45, 7) is 9.55. The maximum absolute atomic E-state index is 12.7. The van der Waals surface area contributed by atoms with Gasteiger partial charge in [0.1, 0.15) is 5.69 Å². The Kier molecular flexibility index (Phi) is 5.05. The van der Waals surface area contributed by atoms with Crippen LogP contribution in [0.25, 0.3) is 0 Å². The summed E-state index contributed by atoms with van der Waals surface area (Å²) in [6, 6.07) is 1.83. The maximum atomic E-state index is 12.7. The van der Waals surface area contributed by atoms with Gasteiger partial charge in [-0.25, -0.2) is 0 Å². The summed E-state index contributed by atoms with van der Waals surface area (Å²) in [6.07, 6.45) is 5.29. The van der Waals surface area contributed by atoms with E-state index in [0.29, 0.717) is 23.3 Å². The number of amides is 1. The van der Waals surface area contributed by atoms with Crippen molar-refractivity contribution >= 4 is 21.8 Å². The number of hydrogen-bond donors (Lipinski definition) is 1. The molecular formula is C15H22BrN5O. The molecular weight excluding hydrogens is 346 g/mol. The third-order valence-corrected chi connectivity index (χ3v) is 4.17. The van der Waals surface area contributed by atoms with Gasteiger partial charge in [-0.05, 0) is 34.3 Å². The lowest BCUT2D eigenvalue weighted by Gasteiger charge is -2.31. The van der Waals surface area contributed by atoms with Gasteiger partial charge in [0.05, 0.1) is 23.3 Å². The molecule has 1 N–H and O–H groups in total. The minimum Gasteiger partial charge on any atom is -0.346 e. The summed E-state index contributed by atoms with van der Waals surface area (Å²) in [5, 5.41) is 11.5. The van der Waals surface area contributed by atoms with E-state index in [1.807, 2.05) is 23.9 Å². The Morgan fingerprint density at radius 3 is 2.68 bits per heavy atom. The van der Waals surface area contributed by atoms with Crippen LogP contribution in [0.3, 0.4) is 0 Å². The Morgan fingerprint density at radius 1 is 1.41 bits per heavy atom. The Labute approximate surface area is 139 Å². The summed E-state index contributed by atoms with van der Waals surface area (Å²) >= 11 is 3.40. The lowest BCUT2D eigenvalue weighted by molar-refractivity contribution is 0.0878. The predicted molar refractivity (Wildman–Crippen MR) is 88.5 cm³/mol. The fourth-order valence-corrected chi connectivity index (χ4v) is 2.66. The SMILES string of the molecule is CCn1ncc(Br)c1C(=O)NC(Cn1cccn1)C(C)(C)C. The van der Waals surface area contributed by atoms with Crippen molar-refractivity contribution in [2.24, 2.45) is 5.41 Å². The fourth-order valence-electron chi connectivity index (χ4n) is 2.19. The van der Waals surface area contributed by atoms with Crippen LogP contribution in [0.15, 0.2) is 29.1 Å². The van der Waals surface area contributed by atoms with Crippen LogP contribution in [0.4, 0.5) is 0 Å². The molecule has 1 atom stereocenters. The number of nitrogens with zero attached hydrogens (tertiary/aromatic N) is 4. The summed E-state index contributed by atoms with van der Waals surface area (Å²) < 4.78 is 4.23. The molecule has 1 unspecified atom stereocenters. The van der Waals surface area contributed by atoms with Gasteiger partial charge in [-0.2, -0.15) is 10.2 Å². The number of carbonyl (C=O) groups excluding carboxylic acids is 1. The van der Waals surface area contributed by atoms with Crippen molar-refractivity contribution in [2.45, 2.75) is 46.8 Å². The van der Waals surface area contributed by atoms with E-state index in [9.17, 15) is 4.79 Å². The van der Waals surface area contributed by atoms with Crippen LogP contribution in [-0.2, 0) is 13.1 Å². The van der Waals surface area contributed by atoms with Crippen LogP contribution < -0.4 is 5.32 Å². The minimum absolute atomic E-state index is 0.0491. The molecule has 0 bridgehead atoms. The van der Waals surface area contributed by atoms with E-state index in [1.54, 1.807) is 17.1 Å². The van der Waals surface area contributed by atoms with Gasteiger partial charge in [0.15, 0.2) is 0 Å². The second-order valence-corrected chi connectivity index (χ2v) is 7.13. The summed E-state index contributed by atoms with van der Waals surface area (Å²) in [4.78, 5) is 12.7.